The minimum absolute atomic E-state index is 0.0241. The Morgan fingerprint density at radius 3 is 2.31 bits per heavy atom. The molecule has 0 aliphatic heterocycles. The number of benzene rings is 1. The SMILES string of the molecule is CC(CCl)C(=O)Nc1c(F)cc(F)cc1F. The number of hydrogen-bond acceptors (Lipinski definition) is 1. The van der Waals surface area contributed by atoms with Crippen molar-refractivity contribution in [3.05, 3.63) is 29.6 Å². The third-order valence-corrected chi connectivity index (χ3v) is 2.40. The summed E-state index contributed by atoms with van der Waals surface area (Å²) in [7, 11) is 0. The van der Waals surface area contributed by atoms with Gasteiger partial charge in [-0.2, -0.15) is 0 Å². The molecule has 0 bridgehead atoms. The third kappa shape index (κ3) is 2.88. The lowest BCUT2D eigenvalue weighted by Crippen LogP contribution is -2.22. The Labute approximate surface area is 95.4 Å². The Kier molecular flexibility index (Phi) is 4.18. The number of rotatable bonds is 3. The molecule has 0 saturated heterocycles. The van der Waals surface area contributed by atoms with Crippen molar-refractivity contribution in [2.45, 2.75) is 6.92 Å². The minimum Gasteiger partial charge on any atom is -0.321 e. The topological polar surface area (TPSA) is 29.1 Å². The maximum Gasteiger partial charge on any atom is 0.228 e. The molecule has 1 unspecified atom stereocenters. The van der Waals surface area contributed by atoms with Crippen LogP contribution in [-0.2, 0) is 4.79 Å². The van der Waals surface area contributed by atoms with Gasteiger partial charge in [0.15, 0.2) is 11.6 Å². The number of halogens is 4. The Hall–Kier alpha value is -1.23. The van der Waals surface area contributed by atoms with E-state index in [1.165, 1.54) is 6.92 Å². The molecule has 0 aliphatic carbocycles. The average Bonchev–Trinajstić information content (AvgIpc) is 2.21. The van der Waals surface area contributed by atoms with Crippen molar-refractivity contribution in [2.75, 3.05) is 11.2 Å². The molecule has 1 atom stereocenters. The summed E-state index contributed by atoms with van der Waals surface area (Å²) in [5, 5.41) is 2.02. The number of amides is 1. The molecule has 0 saturated carbocycles. The minimum atomic E-state index is -1.16. The highest BCUT2D eigenvalue weighted by Crippen LogP contribution is 2.20. The van der Waals surface area contributed by atoms with Gasteiger partial charge in [-0.05, 0) is 0 Å². The number of nitrogens with one attached hydrogen (secondary N) is 1. The Morgan fingerprint density at radius 2 is 1.88 bits per heavy atom. The van der Waals surface area contributed by atoms with Crippen molar-refractivity contribution in [1.29, 1.82) is 0 Å². The molecular weight excluding hydrogens is 243 g/mol. The highest BCUT2D eigenvalue weighted by Gasteiger charge is 2.17. The summed E-state index contributed by atoms with van der Waals surface area (Å²) in [6, 6.07) is 0.980. The van der Waals surface area contributed by atoms with Crippen LogP contribution in [0.4, 0.5) is 18.9 Å². The zero-order valence-electron chi connectivity index (χ0n) is 8.36. The van der Waals surface area contributed by atoms with Crippen LogP contribution >= 0.6 is 11.6 Å². The van der Waals surface area contributed by atoms with Crippen molar-refractivity contribution >= 4 is 23.2 Å². The van der Waals surface area contributed by atoms with Gasteiger partial charge in [0.1, 0.15) is 11.5 Å². The lowest BCUT2D eigenvalue weighted by molar-refractivity contribution is -0.118. The van der Waals surface area contributed by atoms with Gasteiger partial charge in [-0.15, -0.1) is 11.6 Å². The summed E-state index contributed by atoms with van der Waals surface area (Å²) in [6.07, 6.45) is 0. The summed E-state index contributed by atoms with van der Waals surface area (Å²) in [5.41, 5.74) is -0.664. The Morgan fingerprint density at radius 1 is 1.38 bits per heavy atom. The number of carbonyl (C=O) groups excluding carboxylic acids is 1. The second-order valence-corrected chi connectivity index (χ2v) is 3.60. The van der Waals surface area contributed by atoms with Gasteiger partial charge in [-0.1, -0.05) is 6.92 Å². The lowest BCUT2D eigenvalue weighted by Gasteiger charge is -2.10. The van der Waals surface area contributed by atoms with Gasteiger partial charge in [0, 0.05) is 23.9 Å². The quantitative estimate of drug-likeness (QED) is 0.823. The van der Waals surface area contributed by atoms with Gasteiger partial charge >= 0.3 is 0 Å². The maximum atomic E-state index is 13.1. The predicted octanol–water partition coefficient (Wildman–Crippen LogP) is 2.92. The first-order chi connectivity index (χ1) is 7.45. The van der Waals surface area contributed by atoms with Crippen LogP contribution in [0.1, 0.15) is 6.92 Å². The highest BCUT2D eigenvalue weighted by molar-refractivity contribution is 6.19. The molecule has 2 nitrogen and oxygen atoms in total. The van der Waals surface area contributed by atoms with Crippen LogP contribution in [0.15, 0.2) is 12.1 Å². The van der Waals surface area contributed by atoms with Gasteiger partial charge in [-0.25, -0.2) is 13.2 Å². The monoisotopic (exact) mass is 251 g/mol. The first-order valence-corrected chi connectivity index (χ1v) is 5.00. The van der Waals surface area contributed by atoms with Crippen molar-refractivity contribution in [3.8, 4) is 0 Å². The van der Waals surface area contributed by atoms with E-state index in [1.54, 1.807) is 0 Å². The van der Waals surface area contributed by atoms with E-state index in [4.69, 9.17) is 11.6 Å². The number of carbonyl (C=O) groups is 1. The summed E-state index contributed by atoms with van der Waals surface area (Å²) in [4.78, 5) is 11.3. The number of hydrogen-bond donors (Lipinski definition) is 1. The van der Waals surface area contributed by atoms with Gasteiger partial charge in [0.05, 0.1) is 0 Å². The fourth-order valence-corrected chi connectivity index (χ4v) is 1.12. The zero-order valence-corrected chi connectivity index (χ0v) is 9.12. The Balaban J connectivity index is 2.93. The van der Waals surface area contributed by atoms with E-state index < -0.39 is 35.0 Å². The molecule has 0 aliphatic rings. The molecule has 1 aromatic carbocycles. The number of anilines is 1. The van der Waals surface area contributed by atoms with E-state index in [0.29, 0.717) is 12.1 Å². The molecule has 88 valence electrons. The van der Waals surface area contributed by atoms with Crippen LogP contribution in [-0.4, -0.2) is 11.8 Å². The summed E-state index contributed by atoms with van der Waals surface area (Å²) >= 11 is 5.41. The first kappa shape index (κ1) is 12.8. The smallest absolute Gasteiger partial charge is 0.228 e. The molecule has 0 radical (unpaired) electrons. The van der Waals surface area contributed by atoms with Gasteiger partial charge < -0.3 is 5.32 Å². The predicted molar refractivity (Wildman–Crippen MR) is 54.8 cm³/mol. The molecule has 1 N–H and O–H groups in total. The third-order valence-electron chi connectivity index (χ3n) is 1.93. The van der Waals surface area contributed by atoms with Crippen LogP contribution in [0.3, 0.4) is 0 Å². The van der Waals surface area contributed by atoms with Gasteiger partial charge in [0.2, 0.25) is 5.91 Å². The second-order valence-electron chi connectivity index (χ2n) is 3.29. The molecular formula is C10H9ClF3NO. The molecule has 1 aromatic rings. The van der Waals surface area contributed by atoms with Crippen LogP contribution in [0, 0.1) is 23.4 Å². The van der Waals surface area contributed by atoms with Crippen LogP contribution < -0.4 is 5.32 Å². The van der Waals surface area contributed by atoms with Crippen LogP contribution in [0.2, 0.25) is 0 Å². The van der Waals surface area contributed by atoms with Crippen molar-refractivity contribution in [2.24, 2.45) is 5.92 Å². The van der Waals surface area contributed by atoms with Crippen molar-refractivity contribution < 1.29 is 18.0 Å². The van der Waals surface area contributed by atoms with E-state index in [-0.39, 0.29) is 5.88 Å². The van der Waals surface area contributed by atoms with Gasteiger partial charge in [-0.3, -0.25) is 4.79 Å². The van der Waals surface area contributed by atoms with Crippen molar-refractivity contribution in [3.63, 3.8) is 0 Å². The van der Waals surface area contributed by atoms with Crippen molar-refractivity contribution in [1.82, 2.24) is 0 Å². The average molecular weight is 252 g/mol. The highest BCUT2D eigenvalue weighted by atomic mass is 35.5. The lowest BCUT2D eigenvalue weighted by atomic mass is 10.2. The van der Waals surface area contributed by atoms with E-state index in [2.05, 4.69) is 0 Å². The molecule has 0 spiro atoms. The summed E-state index contributed by atoms with van der Waals surface area (Å²) in [6.45, 7) is 1.50. The normalized spacial score (nSPS) is 12.3. The van der Waals surface area contributed by atoms with E-state index in [1.807, 2.05) is 5.32 Å². The summed E-state index contributed by atoms with van der Waals surface area (Å²) < 4.78 is 38.8. The molecule has 1 rings (SSSR count). The molecule has 0 heterocycles. The summed E-state index contributed by atoms with van der Waals surface area (Å²) in [5.74, 6) is -4.56. The molecule has 1 amide bonds. The fourth-order valence-electron chi connectivity index (χ4n) is 0.978. The van der Waals surface area contributed by atoms with Gasteiger partial charge in [0.25, 0.3) is 0 Å². The molecule has 0 fully saturated rings. The zero-order chi connectivity index (χ0) is 12.3. The van der Waals surface area contributed by atoms with E-state index in [0.717, 1.165) is 0 Å². The van der Waals surface area contributed by atoms with E-state index >= 15 is 0 Å². The largest absolute Gasteiger partial charge is 0.321 e. The first-order valence-electron chi connectivity index (χ1n) is 4.47. The second kappa shape index (κ2) is 5.21. The molecule has 16 heavy (non-hydrogen) atoms. The standard InChI is InChI=1S/C10H9ClF3NO/c1-5(4-11)10(16)15-9-7(13)2-6(12)3-8(9)14/h2-3,5H,4H2,1H3,(H,15,16). The fraction of sp³-hybridized carbons (Fsp3) is 0.300. The molecule has 6 heteroatoms. The van der Waals surface area contributed by atoms with Crippen LogP contribution in [0.25, 0.3) is 0 Å². The number of alkyl halides is 1. The molecule has 0 aromatic heterocycles. The maximum absolute atomic E-state index is 13.1. The Bertz CT molecular complexity index is 388. The van der Waals surface area contributed by atoms with E-state index in [9.17, 15) is 18.0 Å². The van der Waals surface area contributed by atoms with Crippen LogP contribution in [0.5, 0.6) is 0 Å².